The van der Waals surface area contributed by atoms with Crippen LogP contribution in [0.15, 0.2) is 0 Å². The third kappa shape index (κ3) is 3.21. The summed E-state index contributed by atoms with van der Waals surface area (Å²) in [6.07, 6.45) is 6.70. The molecule has 1 fully saturated rings. The number of carbonyl (C=O) groups excluding carboxylic acids is 1. The summed E-state index contributed by atoms with van der Waals surface area (Å²) in [6.45, 7) is 4.31. The van der Waals surface area contributed by atoms with Gasteiger partial charge in [0.2, 0.25) is 5.91 Å². The van der Waals surface area contributed by atoms with Crippen molar-refractivity contribution in [3.05, 3.63) is 0 Å². The van der Waals surface area contributed by atoms with Crippen LogP contribution in [-0.2, 0) is 4.79 Å². The fourth-order valence-electron chi connectivity index (χ4n) is 2.73. The van der Waals surface area contributed by atoms with E-state index in [-0.39, 0.29) is 11.9 Å². The number of nitrogens with two attached hydrogens (primary N) is 1. The summed E-state index contributed by atoms with van der Waals surface area (Å²) < 4.78 is 0. The number of likely N-dealkylation sites (N-methyl/N-ethyl adjacent to an activating group) is 1. The highest BCUT2D eigenvalue weighted by molar-refractivity contribution is 5.81. The summed E-state index contributed by atoms with van der Waals surface area (Å²) in [4.78, 5) is 14.0. The average Bonchev–Trinajstić information content (AvgIpc) is 2.28. The molecule has 16 heavy (non-hydrogen) atoms. The van der Waals surface area contributed by atoms with Gasteiger partial charge in [0.25, 0.3) is 0 Å². The molecule has 0 saturated heterocycles. The van der Waals surface area contributed by atoms with Crippen LogP contribution in [-0.4, -0.2) is 29.9 Å². The smallest absolute Gasteiger partial charge is 0.239 e. The quantitative estimate of drug-likeness (QED) is 0.798. The summed E-state index contributed by atoms with van der Waals surface area (Å²) in [5.74, 6) is 0.747. The lowest BCUT2D eigenvalue weighted by molar-refractivity contribution is -0.135. The van der Waals surface area contributed by atoms with Crippen molar-refractivity contribution in [2.75, 3.05) is 7.05 Å². The van der Waals surface area contributed by atoms with E-state index in [9.17, 15) is 4.79 Å². The Morgan fingerprint density at radius 3 is 2.62 bits per heavy atom. The van der Waals surface area contributed by atoms with Gasteiger partial charge in [-0.2, -0.15) is 0 Å². The normalized spacial score (nSPS) is 27.5. The van der Waals surface area contributed by atoms with Crippen LogP contribution in [0.25, 0.3) is 0 Å². The van der Waals surface area contributed by atoms with E-state index in [2.05, 4.69) is 13.8 Å². The van der Waals surface area contributed by atoms with Crippen LogP contribution in [0, 0.1) is 5.92 Å². The molecule has 0 spiro atoms. The molecule has 1 rings (SSSR count). The lowest BCUT2D eigenvalue weighted by Crippen LogP contribution is -2.49. The first-order valence-electron chi connectivity index (χ1n) is 6.60. The van der Waals surface area contributed by atoms with Gasteiger partial charge in [-0.05, 0) is 25.2 Å². The van der Waals surface area contributed by atoms with Gasteiger partial charge in [0.15, 0.2) is 0 Å². The maximum Gasteiger partial charge on any atom is 0.239 e. The van der Waals surface area contributed by atoms with Crippen LogP contribution in [0.4, 0.5) is 0 Å². The van der Waals surface area contributed by atoms with E-state index in [1.165, 1.54) is 19.3 Å². The molecule has 0 heterocycles. The highest BCUT2D eigenvalue weighted by Gasteiger charge is 2.29. The molecule has 3 nitrogen and oxygen atoms in total. The molecule has 0 aromatic carbocycles. The van der Waals surface area contributed by atoms with Gasteiger partial charge in [0.05, 0.1) is 6.04 Å². The van der Waals surface area contributed by atoms with Crippen LogP contribution < -0.4 is 5.73 Å². The maximum atomic E-state index is 12.1. The number of hydrogen-bond acceptors (Lipinski definition) is 2. The van der Waals surface area contributed by atoms with Gasteiger partial charge in [-0.1, -0.05) is 33.1 Å². The molecule has 1 amide bonds. The molecule has 0 aromatic heterocycles. The SMILES string of the molecule is CCC[C@H](N)C(=O)N(C)C1CCCCC1C. The van der Waals surface area contributed by atoms with Crippen molar-refractivity contribution < 1.29 is 4.79 Å². The van der Waals surface area contributed by atoms with Gasteiger partial charge in [0, 0.05) is 13.1 Å². The minimum Gasteiger partial charge on any atom is -0.341 e. The molecule has 3 atom stereocenters. The van der Waals surface area contributed by atoms with Gasteiger partial charge in [0.1, 0.15) is 0 Å². The Morgan fingerprint density at radius 2 is 2.06 bits per heavy atom. The highest BCUT2D eigenvalue weighted by Crippen LogP contribution is 2.27. The molecule has 0 bridgehead atoms. The number of nitrogens with zero attached hydrogens (tertiary/aromatic N) is 1. The van der Waals surface area contributed by atoms with E-state index in [1.54, 1.807) is 0 Å². The Morgan fingerprint density at radius 1 is 1.44 bits per heavy atom. The van der Waals surface area contributed by atoms with Gasteiger partial charge >= 0.3 is 0 Å². The predicted molar refractivity (Wildman–Crippen MR) is 67.1 cm³/mol. The van der Waals surface area contributed by atoms with E-state index in [4.69, 9.17) is 5.73 Å². The number of carbonyl (C=O) groups is 1. The summed E-state index contributed by atoms with van der Waals surface area (Å²) in [5.41, 5.74) is 5.89. The molecule has 0 radical (unpaired) electrons. The van der Waals surface area contributed by atoms with Crippen molar-refractivity contribution in [3.8, 4) is 0 Å². The Hall–Kier alpha value is -0.570. The molecule has 2 unspecified atom stereocenters. The van der Waals surface area contributed by atoms with Crippen LogP contribution in [0.3, 0.4) is 0 Å². The van der Waals surface area contributed by atoms with Crippen molar-refractivity contribution in [3.63, 3.8) is 0 Å². The van der Waals surface area contributed by atoms with Crippen LogP contribution >= 0.6 is 0 Å². The summed E-state index contributed by atoms with van der Waals surface area (Å²) >= 11 is 0. The topological polar surface area (TPSA) is 46.3 Å². The van der Waals surface area contributed by atoms with Crippen molar-refractivity contribution in [2.24, 2.45) is 11.7 Å². The van der Waals surface area contributed by atoms with Gasteiger partial charge in [-0.25, -0.2) is 0 Å². The van der Waals surface area contributed by atoms with E-state index in [0.717, 1.165) is 19.3 Å². The minimum atomic E-state index is -0.302. The third-order valence-electron chi connectivity index (χ3n) is 3.83. The summed E-state index contributed by atoms with van der Waals surface area (Å²) in [5, 5.41) is 0. The summed E-state index contributed by atoms with van der Waals surface area (Å²) in [7, 11) is 1.92. The first-order chi connectivity index (χ1) is 7.57. The second kappa shape index (κ2) is 6.24. The Bertz CT molecular complexity index is 230. The molecule has 0 aromatic rings. The fraction of sp³-hybridized carbons (Fsp3) is 0.923. The lowest BCUT2D eigenvalue weighted by atomic mass is 9.85. The molecule has 0 aliphatic heterocycles. The van der Waals surface area contributed by atoms with Gasteiger partial charge in [-0.3, -0.25) is 4.79 Å². The van der Waals surface area contributed by atoms with Crippen LogP contribution in [0.2, 0.25) is 0 Å². The third-order valence-corrected chi connectivity index (χ3v) is 3.83. The molecule has 1 aliphatic rings. The molecule has 2 N–H and O–H groups in total. The van der Waals surface area contributed by atoms with Crippen LogP contribution in [0.1, 0.15) is 52.4 Å². The monoisotopic (exact) mass is 226 g/mol. The molecular formula is C13H26N2O. The Balaban J connectivity index is 2.54. The minimum absolute atomic E-state index is 0.126. The Kier molecular flexibility index (Phi) is 5.26. The summed E-state index contributed by atoms with van der Waals surface area (Å²) in [6, 6.07) is 0.105. The van der Waals surface area contributed by atoms with Crippen molar-refractivity contribution in [2.45, 2.75) is 64.5 Å². The van der Waals surface area contributed by atoms with E-state index in [1.807, 2.05) is 11.9 Å². The first-order valence-corrected chi connectivity index (χ1v) is 6.60. The molecule has 3 heteroatoms. The second-order valence-corrected chi connectivity index (χ2v) is 5.17. The number of amides is 1. The van der Waals surface area contributed by atoms with Gasteiger partial charge < -0.3 is 10.6 Å². The highest BCUT2D eigenvalue weighted by atomic mass is 16.2. The maximum absolute atomic E-state index is 12.1. The fourth-order valence-corrected chi connectivity index (χ4v) is 2.73. The number of rotatable bonds is 4. The molecule has 1 aliphatic carbocycles. The molecule has 94 valence electrons. The lowest BCUT2D eigenvalue weighted by Gasteiger charge is -2.37. The second-order valence-electron chi connectivity index (χ2n) is 5.17. The van der Waals surface area contributed by atoms with Crippen molar-refractivity contribution in [1.29, 1.82) is 0 Å². The number of hydrogen-bond donors (Lipinski definition) is 1. The zero-order chi connectivity index (χ0) is 12.1. The van der Waals surface area contributed by atoms with Crippen molar-refractivity contribution >= 4 is 5.91 Å². The van der Waals surface area contributed by atoms with E-state index >= 15 is 0 Å². The van der Waals surface area contributed by atoms with Crippen molar-refractivity contribution in [1.82, 2.24) is 4.90 Å². The zero-order valence-corrected chi connectivity index (χ0v) is 10.9. The average molecular weight is 226 g/mol. The Labute approximate surface area is 99.4 Å². The van der Waals surface area contributed by atoms with E-state index < -0.39 is 0 Å². The van der Waals surface area contributed by atoms with Crippen LogP contribution in [0.5, 0.6) is 0 Å². The van der Waals surface area contributed by atoms with Gasteiger partial charge in [-0.15, -0.1) is 0 Å². The molecule has 1 saturated carbocycles. The zero-order valence-electron chi connectivity index (χ0n) is 10.9. The predicted octanol–water partition coefficient (Wildman–Crippen LogP) is 2.15. The first kappa shape index (κ1) is 13.5. The largest absolute Gasteiger partial charge is 0.341 e. The standard InChI is InChI=1S/C13H26N2O/c1-4-7-11(14)13(16)15(3)12-9-6-5-8-10(12)2/h10-12H,4-9,14H2,1-3H3/t10?,11-,12?/m0/s1. The van der Waals surface area contributed by atoms with E-state index in [0.29, 0.717) is 12.0 Å². The molecular weight excluding hydrogens is 200 g/mol.